The van der Waals surface area contributed by atoms with E-state index in [4.69, 9.17) is 18.0 Å². The summed E-state index contributed by atoms with van der Waals surface area (Å²) in [4.78, 5) is 1.11. The topological polar surface area (TPSA) is 72.2 Å². The number of sulfonamides is 1. The summed E-state index contributed by atoms with van der Waals surface area (Å²) in [5, 5.41) is 0. The molecule has 0 aliphatic heterocycles. The van der Waals surface area contributed by atoms with E-state index in [9.17, 15) is 8.42 Å². The summed E-state index contributed by atoms with van der Waals surface area (Å²) in [6.45, 7) is 5.59. The van der Waals surface area contributed by atoms with Crippen molar-refractivity contribution in [1.29, 1.82) is 0 Å². The van der Waals surface area contributed by atoms with Gasteiger partial charge < -0.3 is 5.73 Å². The zero-order valence-corrected chi connectivity index (χ0v) is 12.4. The molecular weight excluding hydrogens is 276 g/mol. The van der Waals surface area contributed by atoms with Crippen molar-refractivity contribution in [2.75, 3.05) is 0 Å². The minimum Gasteiger partial charge on any atom is -0.392 e. The van der Waals surface area contributed by atoms with Crippen molar-refractivity contribution in [2.45, 2.75) is 31.0 Å². The van der Waals surface area contributed by atoms with Gasteiger partial charge in [-0.1, -0.05) is 26.1 Å². The van der Waals surface area contributed by atoms with Gasteiger partial charge in [0.05, 0.1) is 11.0 Å². The second-order valence-corrected chi connectivity index (χ2v) is 7.81. The Balaban J connectivity index is 2.97. The summed E-state index contributed by atoms with van der Waals surface area (Å²) in [7, 11) is -3.53. The lowest BCUT2D eigenvalue weighted by Crippen LogP contribution is -2.46. The fourth-order valence-corrected chi connectivity index (χ4v) is 4.37. The van der Waals surface area contributed by atoms with Crippen LogP contribution >= 0.6 is 23.6 Å². The molecule has 0 fully saturated rings. The molecule has 0 aromatic carbocycles. The summed E-state index contributed by atoms with van der Waals surface area (Å²) in [6.07, 6.45) is 0. The van der Waals surface area contributed by atoms with Gasteiger partial charge in [0.25, 0.3) is 10.0 Å². The molecule has 3 N–H and O–H groups in total. The number of thiocarbonyl (C=S) groups is 1. The van der Waals surface area contributed by atoms with Gasteiger partial charge in [0.15, 0.2) is 0 Å². The van der Waals surface area contributed by atoms with Crippen molar-refractivity contribution in [3.8, 4) is 0 Å². The van der Waals surface area contributed by atoms with Gasteiger partial charge in [-0.15, -0.1) is 11.3 Å². The van der Waals surface area contributed by atoms with Crippen LogP contribution in [0, 0.1) is 12.8 Å². The highest BCUT2D eigenvalue weighted by atomic mass is 32.2. The van der Waals surface area contributed by atoms with Crippen molar-refractivity contribution in [2.24, 2.45) is 11.7 Å². The van der Waals surface area contributed by atoms with Crippen LogP contribution in [0.1, 0.15) is 18.7 Å². The maximum Gasteiger partial charge on any atom is 0.250 e. The lowest BCUT2D eigenvalue weighted by molar-refractivity contribution is 0.527. The van der Waals surface area contributed by atoms with Gasteiger partial charge in [0, 0.05) is 4.88 Å². The summed E-state index contributed by atoms with van der Waals surface area (Å²) in [5.74, 6) is 0.0170. The van der Waals surface area contributed by atoms with E-state index >= 15 is 0 Å². The van der Waals surface area contributed by atoms with Gasteiger partial charge in [0.1, 0.15) is 4.21 Å². The molecule has 1 aromatic rings. The standard InChI is InChI=1S/C10H16N2O2S3/c1-6(2)9(10(11)15)12-17(13,14)8-5-4-7(3)16-8/h4-6,9,12H,1-3H3,(H2,11,15). The number of nitrogens with two attached hydrogens (primary N) is 1. The SMILES string of the molecule is Cc1ccc(S(=O)(=O)NC(C(N)=S)C(C)C)s1. The van der Waals surface area contributed by atoms with Crippen LogP contribution in [0.4, 0.5) is 0 Å². The van der Waals surface area contributed by atoms with E-state index < -0.39 is 16.1 Å². The maximum atomic E-state index is 12.0. The molecule has 0 aliphatic rings. The largest absolute Gasteiger partial charge is 0.392 e. The minimum atomic E-state index is -3.53. The van der Waals surface area contributed by atoms with Crippen LogP contribution in [0.2, 0.25) is 0 Å². The van der Waals surface area contributed by atoms with Gasteiger partial charge in [-0.2, -0.15) is 0 Å². The quantitative estimate of drug-likeness (QED) is 0.809. The van der Waals surface area contributed by atoms with E-state index in [1.165, 1.54) is 11.3 Å². The molecule has 1 unspecified atom stereocenters. The van der Waals surface area contributed by atoms with Crippen molar-refractivity contribution in [3.05, 3.63) is 17.0 Å². The molecule has 0 spiro atoms. The van der Waals surface area contributed by atoms with Crippen molar-refractivity contribution < 1.29 is 8.42 Å². The van der Waals surface area contributed by atoms with Gasteiger partial charge in [0.2, 0.25) is 0 Å². The molecule has 1 rings (SSSR count). The molecule has 0 amide bonds. The smallest absolute Gasteiger partial charge is 0.250 e. The zero-order valence-electron chi connectivity index (χ0n) is 9.93. The molecule has 7 heteroatoms. The highest BCUT2D eigenvalue weighted by molar-refractivity contribution is 7.91. The summed E-state index contributed by atoms with van der Waals surface area (Å²) in [5.41, 5.74) is 5.54. The van der Waals surface area contributed by atoms with Crippen LogP contribution in [0.5, 0.6) is 0 Å². The fourth-order valence-electron chi connectivity index (χ4n) is 1.30. The second-order valence-electron chi connectivity index (χ2n) is 4.11. The third-order valence-electron chi connectivity index (χ3n) is 2.24. The third kappa shape index (κ3) is 3.74. The first-order valence-corrected chi connectivity index (χ1v) is 7.83. The Morgan fingerprint density at radius 2 is 2.06 bits per heavy atom. The predicted octanol–water partition coefficient (Wildman–Crippen LogP) is 1.65. The first-order chi connectivity index (χ1) is 7.74. The van der Waals surface area contributed by atoms with Gasteiger partial charge in [-0.3, -0.25) is 0 Å². The fraction of sp³-hybridized carbons (Fsp3) is 0.500. The van der Waals surface area contributed by atoms with Crippen LogP contribution in [0.15, 0.2) is 16.3 Å². The molecule has 1 atom stereocenters. The van der Waals surface area contributed by atoms with Gasteiger partial charge in [-0.25, -0.2) is 13.1 Å². The number of hydrogen-bond donors (Lipinski definition) is 2. The lowest BCUT2D eigenvalue weighted by atomic mass is 10.1. The second kappa shape index (κ2) is 5.43. The number of nitrogens with one attached hydrogen (secondary N) is 1. The normalized spacial score (nSPS) is 13.9. The number of aryl methyl sites for hydroxylation is 1. The molecule has 1 aromatic heterocycles. The minimum absolute atomic E-state index is 0.0170. The first kappa shape index (κ1) is 14.6. The van der Waals surface area contributed by atoms with Crippen molar-refractivity contribution in [3.63, 3.8) is 0 Å². The first-order valence-electron chi connectivity index (χ1n) is 5.12. The Morgan fingerprint density at radius 3 is 2.41 bits per heavy atom. The number of hydrogen-bond acceptors (Lipinski definition) is 4. The van der Waals surface area contributed by atoms with E-state index in [1.807, 2.05) is 20.8 Å². The van der Waals surface area contributed by atoms with Gasteiger partial charge in [-0.05, 0) is 25.0 Å². The average molecular weight is 292 g/mol. The Labute approximate surface area is 111 Å². The number of thiophene rings is 1. The Kier molecular flexibility index (Phi) is 4.65. The Bertz CT molecular complexity index is 505. The van der Waals surface area contributed by atoms with Crippen LogP contribution in [-0.2, 0) is 10.0 Å². The third-order valence-corrected chi connectivity index (χ3v) is 5.42. The molecule has 0 saturated heterocycles. The average Bonchev–Trinajstić information content (AvgIpc) is 2.61. The van der Waals surface area contributed by atoms with E-state index in [1.54, 1.807) is 12.1 Å². The molecule has 1 heterocycles. The van der Waals surface area contributed by atoms with Crippen LogP contribution in [-0.4, -0.2) is 19.4 Å². The Morgan fingerprint density at radius 1 is 1.47 bits per heavy atom. The van der Waals surface area contributed by atoms with Crippen LogP contribution in [0.25, 0.3) is 0 Å². The van der Waals surface area contributed by atoms with E-state index in [0.717, 1.165) is 4.88 Å². The van der Waals surface area contributed by atoms with E-state index in [-0.39, 0.29) is 15.1 Å². The summed E-state index contributed by atoms with van der Waals surface area (Å²) >= 11 is 6.10. The van der Waals surface area contributed by atoms with Crippen LogP contribution < -0.4 is 10.5 Å². The lowest BCUT2D eigenvalue weighted by Gasteiger charge is -2.20. The maximum absolute atomic E-state index is 12.0. The summed E-state index contributed by atoms with van der Waals surface area (Å²) < 4.78 is 26.9. The highest BCUT2D eigenvalue weighted by Gasteiger charge is 2.25. The molecule has 0 saturated carbocycles. The van der Waals surface area contributed by atoms with E-state index in [2.05, 4.69) is 4.72 Å². The molecular formula is C10H16N2O2S3. The molecule has 96 valence electrons. The predicted molar refractivity (Wildman–Crippen MR) is 74.8 cm³/mol. The monoisotopic (exact) mass is 292 g/mol. The van der Waals surface area contributed by atoms with E-state index in [0.29, 0.717) is 0 Å². The molecule has 4 nitrogen and oxygen atoms in total. The molecule has 0 radical (unpaired) electrons. The zero-order chi connectivity index (χ0) is 13.2. The Hall–Kier alpha value is -0.500. The molecule has 0 aliphatic carbocycles. The number of rotatable bonds is 5. The van der Waals surface area contributed by atoms with Crippen LogP contribution in [0.3, 0.4) is 0 Å². The van der Waals surface area contributed by atoms with Gasteiger partial charge >= 0.3 is 0 Å². The molecule has 0 bridgehead atoms. The highest BCUT2D eigenvalue weighted by Crippen LogP contribution is 2.21. The van der Waals surface area contributed by atoms with Crippen molar-refractivity contribution in [1.82, 2.24) is 4.72 Å². The van der Waals surface area contributed by atoms with Crippen molar-refractivity contribution >= 4 is 38.6 Å². The summed E-state index contributed by atoms with van der Waals surface area (Å²) in [6, 6.07) is 2.83. The molecule has 17 heavy (non-hydrogen) atoms.